The molecule has 0 aromatic carbocycles. The molecule has 23 heavy (non-hydrogen) atoms. The van der Waals surface area contributed by atoms with Crippen molar-refractivity contribution < 1.29 is 10.2 Å². The molecule has 3 aliphatic rings. The van der Waals surface area contributed by atoms with E-state index in [2.05, 4.69) is 12.2 Å². The van der Waals surface area contributed by atoms with Gasteiger partial charge in [0, 0.05) is 5.92 Å². The Balaban J connectivity index is 1.57. The Labute approximate surface area is 140 Å². The first-order valence-corrected chi connectivity index (χ1v) is 9.61. The molecule has 3 aliphatic carbocycles. The molecule has 0 amide bonds. The fraction of sp³-hybridized carbons (Fsp3) is 0.800. The van der Waals surface area contributed by atoms with Crippen LogP contribution in [-0.2, 0) is 0 Å². The van der Waals surface area contributed by atoms with Gasteiger partial charge in [-0.05, 0) is 69.2 Å². The molecule has 3 heteroatoms. The lowest BCUT2D eigenvalue weighted by molar-refractivity contribution is 0.135. The van der Waals surface area contributed by atoms with Crippen LogP contribution in [0.1, 0.15) is 57.8 Å². The van der Waals surface area contributed by atoms with E-state index in [1.54, 1.807) is 5.57 Å². The predicted molar refractivity (Wildman–Crippen MR) is 93.8 cm³/mol. The number of fused-ring (bicyclic) bond motifs is 1. The molecule has 3 rings (SSSR count). The third-order valence-corrected chi connectivity index (χ3v) is 6.37. The van der Waals surface area contributed by atoms with Crippen molar-refractivity contribution in [1.29, 1.82) is 0 Å². The van der Waals surface area contributed by atoms with Gasteiger partial charge in [-0.15, -0.1) is 0 Å². The fourth-order valence-electron chi connectivity index (χ4n) is 5.06. The van der Waals surface area contributed by atoms with E-state index in [9.17, 15) is 10.2 Å². The van der Waals surface area contributed by atoms with E-state index in [0.29, 0.717) is 17.8 Å². The number of nitrogens with two attached hydrogens (primary N) is 1. The van der Waals surface area contributed by atoms with Gasteiger partial charge in [0.15, 0.2) is 0 Å². The molecule has 4 N–H and O–H groups in total. The van der Waals surface area contributed by atoms with Crippen LogP contribution in [0.3, 0.4) is 0 Å². The zero-order valence-corrected chi connectivity index (χ0v) is 14.2. The summed E-state index contributed by atoms with van der Waals surface area (Å²) in [6, 6.07) is 0. The highest BCUT2D eigenvalue weighted by molar-refractivity contribution is 5.18. The molecule has 3 nitrogen and oxygen atoms in total. The molecule has 3 fully saturated rings. The molecule has 0 spiro atoms. The summed E-state index contributed by atoms with van der Waals surface area (Å²) in [6.07, 6.45) is 16.1. The Hall–Kier alpha value is -0.640. The summed E-state index contributed by atoms with van der Waals surface area (Å²) in [4.78, 5) is 0. The van der Waals surface area contributed by atoms with Crippen molar-refractivity contribution in [2.24, 2.45) is 29.4 Å². The number of unbranched alkanes of at least 4 members (excludes halogenated alkanes) is 1. The second kappa shape index (κ2) is 7.96. The van der Waals surface area contributed by atoms with Gasteiger partial charge >= 0.3 is 0 Å². The highest BCUT2D eigenvalue weighted by atomic mass is 16.3. The summed E-state index contributed by atoms with van der Waals surface area (Å²) < 4.78 is 0. The van der Waals surface area contributed by atoms with Gasteiger partial charge < -0.3 is 15.9 Å². The molecular weight excluding hydrogens is 286 g/mol. The zero-order chi connectivity index (χ0) is 16.2. The summed E-state index contributed by atoms with van der Waals surface area (Å²) in [5.74, 6) is 1.88. The average molecular weight is 319 g/mol. The topological polar surface area (TPSA) is 66.5 Å². The summed E-state index contributed by atoms with van der Waals surface area (Å²) >= 11 is 0. The minimum absolute atomic E-state index is 0.220. The highest BCUT2D eigenvalue weighted by Crippen LogP contribution is 2.50. The van der Waals surface area contributed by atoms with Gasteiger partial charge in [-0.25, -0.2) is 0 Å². The van der Waals surface area contributed by atoms with E-state index >= 15 is 0 Å². The van der Waals surface area contributed by atoms with E-state index in [-0.39, 0.29) is 18.1 Å². The van der Waals surface area contributed by atoms with Crippen molar-refractivity contribution in [2.75, 3.05) is 6.54 Å². The van der Waals surface area contributed by atoms with Gasteiger partial charge in [0.2, 0.25) is 0 Å². The Morgan fingerprint density at radius 1 is 1.22 bits per heavy atom. The Bertz CT molecular complexity index is 439. The summed E-state index contributed by atoms with van der Waals surface area (Å²) in [7, 11) is 0. The lowest BCUT2D eigenvalue weighted by atomic mass is 9.89. The Morgan fingerprint density at radius 3 is 2.74 bits per heavy atom. The first-order valence-electron chi connectivity index (χ1n) is 9.61. The van der Waals surface area contributed by atoms with Crippen LogP contribution in [0.4, 0.5) is 0 Å². The SMILES string of the molecule is NCCC/C=C1\C[C@H]2C[C@@H](O)[C@H](/C=C/[C@@H](O)C3CCCC3)[C@H]2C1. The molecule has 0 unspecified atom stereocenters. The maximum absolute atomic E-state index is 10.4. The lowest BCUT2D eigenvalue weighted by Gasteiger charge is -2.19. The van der Waals surface area contributed by atoms with Crippen LogP contribution in [-0.4, -0.2) is 29.0 Å². The normalized spacial score (nSPS) is 38.0. The maximum Gasteiger partial charge on any atom is 0.0749 e. The zero-order valence-electron chi connectivity index (χ0n) is 14.2. The van der Waals surface area contributed by atoms with Crippen molar-refractivity contribution in [1.82, 2.24) is 0 Å². The quantitative estimate of drug-likeness (QED) is 0.520. The number of hydrogen-bond donors (Lipinski definition) is 3. The van der Waals surface area contributed by atoms with E-state index in [0.717, 1.165) is 51.5 Å². The second-order valence-electron chi connectivity index (χ2n) is 7.93. The van der Waals surface area contributed by atoms with Crippen LogP contribution in [0.25, 0.3) is 0 Å². The molecule has 130 valence electrons. The third-order valence-electron chi connectivity index (χ3n) is 6.37. The molecule has 3 saturated carbocycles. The molecule has 0 radical (unpaired) electrons. The van der Waals surface area contributed by atoms with Crippen LogP contribution < -0.4 is 5.73 Å². The summed E-state index contributed by atoms with van der Waals surface area (Å²) in [5.41, 5.74) is 7.13. The molecular formula is C20H33NO2. The van der Waals surface area contributed by atoms with Crippen LogP contribution in [0.5, 0.6) is 0 Å². The first kappa shape index (κ1) is 17.2. The van der Waals surface area contributed by atoms with Gasteiger partial charge in [0.25, 0.3) is 0 Å². The van der Waals surface area contributed by atoms with E-state index in [4.69, 9.17) is 5.73 Å². The standard InChI is InChI=1S/C20H33NO2/c21-10-4-3-5-14-11-16-13-20(23)17(18(16)12-14)8-9-19(22)15-6-1-2-7-15/h5,8-9,15-20,22-23H,1-4,6-7,10-13,21H2/b9-8+,14-5+/t16-,17+,18-,19+,20+/m0/s1. The van der Waals surface area contributed by atoms with Crippen molar-refractivity contribution in [3.63, 3.8) is 0 Å². The predicted octanol–water partition coefficient (Wildman–Crippen LogP) is 3.17. The maximum atomic E-state index is 10.4. The van der Waals surface area contributed by atoms with Gasteiger partial charge in [-0.1, -0.05) is 36.6 Å². The van der Waals surface area contributed by atoms with E-state index < -0.39 is 0 Å². The van der Waals surface area contributed by atoms with Crippen molar-refractivity contribution in [2.45, 2.75) is 70.0 Å². The second-order valence-corrected chi connectivity index (χ2v) is 7.93. The minimum atomic E-state index is -0.315. The summed E-state index contributed by atoms with van der Waals surface area (Å²) in [5, 5.41) is 20.7. The molecule has 0 aromatic heterocycles. The van der Waals surface area contributed by atoms with Crippen LogP contribution >= 0.6 is 0 Å². The van der Waals surface area contributed by atoms with Crippen molar-refractivity contribution >= 4 is 0 Å². The van der Waals surface area contributed by atoms with E-state index in [1.165, 1.54) is 12.8 Å². The molecule has 0 saturated heterocycles. The van der Waals surface area contributed by atoms with E-state index in [1.807, 2.05) is 6.08 Å². The molecule has 0 bridgehead atoms. The number of aliphatic hydroxyl groups excluding tert-OH is 2. The smallest absolute Gasteiger partial charge is 0.0749 e. The van der Waals surface area contributed by atoms with Crippen molar-refractivity contribution in [3.8, 4) is 0 Å². The van der Waals surface area contributed by atoms with Gasteiger partial charge in [0.1, 0.15) is 0 Å². The van der Waals surface area contributed by atoms with Gasteiger partial charge in [0.05, 0.1) is 12.2 Å². The largest absolute Gasteiger partial charge is 0.392 e. The number of allylic oxidation sites excluding steroid dienone is 2. The molecule has 5 atom stereocenters. The number of aliphatic hydroxyl groups is 2. The first-order chi connectivity index (χ1) is 11.2. The van der Waals surface area contributed by atoms with Crippen LogP contribution in [0.2, 0.25) is 0 Å². The lowest BCUT2D eigenvalue weighted by Crippen LogP contribution is -2.19. The minimum Gasteiger partial charge on any atom is -0.392 e. The molecule has 0 heterocycles. The van der Waals surface area contributed by atoms with Crippen molar-refractivity contribution in [3.05, 3.63) is 23.8 Å². The monoisotopic (exact) mass is 319 g/mol. The Morgan fingerprint density at radius 2 is 2.00 bits per heavy atom. The van der Waals surface area contributed by atoms with Gasteiger partial charge in [-0.3, -0.25) is 0 Å². The fourth-order valence-corrected chi connectivity index (χ4v) is 5.06. The number of hydrogen-bond acceptors (Lipinski definition) is 3. The third kappa shape index (κ3) is 4.07. The molecule has 0 aromatic rings. The van der Waals surface area contributed by atoms with Gasteiger partial charge in [-0.2, -0.15) is 0 Å². The van der Waals surface area contributed by atoms with Crippen LogP contribution in [0, 0.1) is 23.7 Å². The highest BCUT2D eigenvalue weighted by Gasteiger charge is 2.45. The molecule has 0 aliphatic heterocycles. The number of rotatable bonds is 6. The average Bonchev–Trinajstić information content (AvgIpc) is 3.22. The van der Waals surface area contributed by atoms with Crippen LogP contribution in [0.15, 0.2) is 23.8 Å². The summed E-state index contributed by atoms with van der Waals surface area (Å²) in [6.45, 7) is 0.764. The Kier molecular flexibility index (Phi) is 5.95.